The number of nitrogens with zero attached hydrogens (tertiary/aromatic N) is 2. The number of rotatable bonds is 4. The third-order valence-corrected chi connectivity index (χ3v) is 10.3. The van der Waals surface area contributed by atoms with Crippen molar-refractivity contribution in [2.24, 2.45) is 0 Å². The maximum Gasteiger partial charge on any atom is 0.500 e. The van der Waals surface area contributed by atoms with Gasteiger partial charge in [-0.2, -0.15) is 0 Å². The van der Waals surface area contributed by atoms with Gasteiger partial charge in [0.25, 0.3) is 0 Å². The summed E-state index contributed by atoms with van der Waals surface area (Å²) in [5.41, 5.74) is -1.52. The monoisotopic (exact) mass is 744 g/mol. The van der Waals surface area contributed by atoms with E-state index in [-0.39, 0.29) is 22.4 Å². The van der Waals surface area contributed by atoms with Gasteiger partial charge in [0, 0.05) is 17.9 Å². The van der Waals surface area contributed by atoms with Crippen LogP contribution in [0.25, 0.3) is 0 Å². The minimum absolute atomic E-state index is 0.360. The van der Waals surface area contributed by atoms with E-state index >= 15 is 0 Å². The van der Waals surface area contributed by atoms with Gasteiger partial charge < -0.3 is 37.4 Å². The van der Waals surface area contributed by atoms with Gasteiger partial charge >= 0.3 is 21.1 Å². The van der Waals surface area contributed by atoms with Crippen LogP contribution in [0, 0.1) is 0 Å². The lowest BCUT2D eigenvalue weighted by atomic mass is 9.49. The maximum absolute atomic E-state index is 5.97. The summed E-state index contributed by atoms with van der Waals surface area (Å²) in [6, 6.07) is 3.49. The molecule has 2 aromatic rings. The van der Waals surface area contributed by atoms with Gasteiger partial charge in [0.1, 0.15) is 0 Å². The first kappa shape index (κ1) is 39.4. The van der Waals surface area contributed by atoms with Gasteiger partial charge in [-0.15, -0.1) is 0 Å². The second-order valence-electron chi connectivity index (χ2n) is 14.2. The highest BCUT2D eigenvalue weighted by Gasteiger charge is 2.63. The first-order chi connectivity index (χ1) is 20.9. The number of methoxy groups -OCH3 is 2. The average molecular weight is 746 g/mol. The Morgan fingerprint density at radius 2 is 0.891 bits per heavy atom. The van der Waals surface area contributed by atoms with E-state index in [0.29, 0.717) is 27.3 Å². The Morgan fingerprint density at radius 1 is 0.565 bits per heavy atom. The molecule has 0 aromatic carbocycles. The van der Waals surface area contributed by atoms with Crippen LogP contribution in [0.15, 0.2) is 29.0 Å². The van der Waals surface area contributed by atoms with Gasteiger partial charge in [-0.25, -0.2) is 9.97 Å². The van der Waals surface area contributed by atoms with E-state index in [4.69, 9.17) is 60.6 Å². The SMILES string of the molecule is CC1(C)OB(B2OC(C)(C)C(C)(C)O2)OC1(C)C.COc1ncc(Cl)cc1B1OC(C)(C)C(C)(C)O1.COc1ncc(Cl)cc1Br. The fraction of sp³-hybridized carbons (Fsp3) is 0.667. The molecule has 0 amide bonds. The number of hydrogen-bond donors (Lipinski definition) is 0. The predicted molar refractivity (Wildman–Crippen MR) is 187 cm³/mol. The fourth-order valence-corrected chi connectivity index (χ4v) is 5.27. The normalized spacial score (nSPS) is 22.8. The van der Waals surface area contributed by atoms with Crippen LogP contribution in [0.5, 0.6) is 11.8 Å². The Morgan fingerprint density at radius 3 is 1.24 bits per heavy atom. The second kappa shape index (κ2) is 14.0. The molecule has 0 spiro atoms. The molecule has 254 valence electrons. The van der Waals surface area contributed by atoms with Crippen molar-refractivity contribution in [3.05, 3.63) is 39.0 Å². The molecule has 3 aliphatic heterocycles. The van der Waals surface area contributed by atoms with Crippen LogP contribution >= 0.6 is 39.1 Å². The molecule has 0 unspecified atom stereocenters. The molecule has 46 heavy (non-hydrogen) atoms. The summed E-state index contributed by atoms with van der Waals surface area (Å²) >= 11 is 14.8. The largest absolute Gasteiger partial charge is 0.500 e. The van der Waals surface area contributed by atoms with Crippen LogP contribution in [0.1, 0.15) is 83.1 Å². The molecule has 0 bridgehead atoms. The first-order valence-electron chi connectivity index (χ1n) is 15.0. The minimum Gasteiger partial charge on any atom is -0.481 e. The van der Waals surface area contributed by atoms with E-state index < -0.39 is 32.3 Å². The molecule has 0 aliphatic carbocycles. The van der Waals surface area contributed by atoms with Gasteiger partial charge in [-0.05, 0) is 111 Å². The van der Waals surface area contributed by atoms with E-state index in [0.717, 1.165) is 4.47 Å². The van der Waals surface area contributed by atoms with E-state index in [1.54, 1.807) is 26.4 Å². The van der Waals surface area contributed by atoms with E-state index in [1.165, 1.54) is 12.4 Å². The van der Waals surface area contributed by atoms with Crippen LogP contribution in [0.4, 0.5) is 0 Å². The smallest absolute Gasteiger partial charge is 0.481 e. The van der Waals surface area contributed by atoms with Crippen molar-refractivity contribution in [3.63, 3.8) is 0 Å². The third-order valence-electron chi connectivity index (χ3n) is 9.28. The lowest BCUT2D eigenvalue weighted by Gasteiger charge is -2.32. The number of pyridine rings is 2. The maximum atomic E-state index is 5.97. The van der Waals surface area contributed by atoms with Crippen molar-refractivity contribution >= 4 is 65.7 Å². The van der Waals surface area contributed by atoms with Crippen LogP contribution < -0.4 is 14.9 Å². The third kappa shape index (κ3) is 8.55. The van der Waals surface area contributed by atoms with Crippen molar-refractivity contribution in [1.82, 2.24) is 9.97 Å². The van der Waals surface area contributed by atoms with Gasteiger partial charge in [0.15, 0.2) is 0 Å². The van der Waals surface area contributed by atoms with E-state index in [2.05, 4.69) is 25.9 Å². The van der Waals surface area contributed by atoms with Crippen molar-refractivity contribution in [2.45, 2.75) is 117 Å². The Bertz CT molecular complexity index is 1300. The van der Waals surface area contributed by atoms with E-state index in [1.807, 2.05) is 83.1 Å². The first-order valence-corrected chi connectivity index (χ1v) is 16.5. The highest BCUT2D eigenvalue weighted by molar-refractivity contribution is 9.10. The zero-order valence-corrected chi connectivity index (χ0v) is 32.4. The molecular formula is C30H46B3BrCl2N2O8. The van der Waals surface area contributed by atoms with E-state index in [9.17, 15) is 0 Å². The molecule has 2 aromatic heterocycles. The molecule has 10 nitrogen and oxygen atoms in total. The standard InChI is InChI=1S/C12H24B2O4.C12H17BClNO3.C6H5BrClNO/c1-9(2)10(3,4)16-13(15-9)14-17-11(5,6)12(7,8)18-14;1-11(2)12(3,4)18-13(17-11)9-6-8(14)7-15-10(9)16-5;1-10-6-5(7)2-4(8)3-9-6/h1-8H3;6-7H,1-5H3;2-3H,1H3. The Labute approximate surface area is 293 Å². The Hall–Kier alpha value is -1.09. The van der Waals surface area contributed by atoms with Gasteiger partial charge in [0.05, 0.1) is 62.3 Å². The molecule has 3 fully saturated rings. The van der Waals surface area contributed by atoms with Crippen LogP contribution in [-0.2, 0) is 27.9 Å². The summed E-state index contributed by atoms with van der Waals surface area (Å²) in [6.45, 7) is 24.2. The molecular weight excluding hydrogens is 700 g/mol. The summed E-state index contributed by atoms with van der Waals surface area (Å²) in [7, 11) is 1.65. The molecule has 0 saturated carbocycles. The number of hydrogen-bond acceptors (Lipinski definition) is 10. The van der Waals surface area contributed by atoms with Crippen LogP contribution in [0.3, 0.4) is 0 Å². The summed E-state index contributed by atoms with van der Waals surface area (Å²) in [6.07, 6.45) is 3.07. The number of aromatic nitrogens is 2. The zero-order valence-electron chi connectivity index (χ0n) is 29.3. The molecule has 0 N–H and O–H groups in total. The number of halogens is 3. The van der Waals surface area contributed by atoms with Gasteiger partial charge in [0.2, 0.25) is 11.8 Å². The lowest BCUT2D eigenvalue weighted by molar-refractivity contribution is 0.00578. The predicted octanol–water partition coefficient (Wildman–Crippen LogP) is 6.80. The quantitative estimate of drug-likeness (QED) is 0.311. The second-order valence-corrected chi connectivity index (χ2v) is 16.0. The lowest BCUT2D eigenvalue weighted by Crippen LogP contribution is -2.41. The molecule has 16 heteroatoms. The molecule has 0 radical (unpaired) electrons. The van der Waals surface area contributed by atoms with Crippen molar-refractivity contribution < 1.29 is 37.4 Å². The highest BCUT2D eigenvalue weighted by atomic mass is 79.9. The van der Waals surface area contributed by atoms with Crippen LogP contribution in [-0.4, -0.2) is 78.9 Å². The summed E-state index contributed by atoms with van der Waals surface area (Å²) in [5.74, 6) is 1.02. The molecule has 3 aliphatic rings. The fourth-order valence-electron chi connectivity index (χ4n) is 4.30. The topological polar surface area (TPSA) is 99.6 Å². The summed E-state index contributed by atoms with van der Waals surface area (Å²) < 4.78 is 46.6. The van der Waals surface area contributed by atoms with Gasteiger partial charge in [-0.1, -0.05) is 23.2 Å². The van der Waals surface area contributed by atoms with Crippen molar-refractivity contribution in [2.75, 3.05) is 14.2 Å². The molecule has 0 atom stereocenters. The van der Waals surface area contributed by atoms with Gasteiger partial charge in [-0.3, -0.25) is 0 Å². The minimum atomic E-state index is -0.517. The summed E-state index contributed by atoms with van der Waals surface area (Å²) in [5, 5.41) is 1.12. The highest BCUT2D eigenvalue weighted by Crippen LogP contribution is 2.43. The van der Waals surface area contributed by atoms with Crippen molar-refractivity contribution in [3.8, 4) is 11.8 Å². The molecule has 5 rings (SSSR count). The summed E-state index contributed by atoms with van der Waals surface area (Å²) in [4.78, 5) is 8.02. The average Bonchev–Trinajstić information content (AvgIpc) is 3.38. The Kier molecular flexibility index (Phi) is 12.0. The van der Waals surface area contributed by atoms with Crippen molar-refractivity contribution in [1.29, 1.82) is 0 Å². The Balaban J connectivity index is 0.000000196. The van der Waals surface area contributed by atoms with Crippen LogP contribution in [0.2, 0.25) is 10.0 Å². The molecule has 5 heterocycles. The molecule has 3 saturated heterocycles. The number of ether oxygens (including phenoxy) is 2. The zero-order chi connectivity index (χ0) is 35.1.